The van der Waals surface area contributed by atoms with Gasteiger partial charge in [0, 0.05) is 18.1 Å². The van der Waals surface area contributed by atoms with E-state index in [-0.39, 0.29) is 6.10 Å². The monoisotopic (exact) mass is 255 g/mol. The molecule has 3 nitrogen and oxygen atoms in total. The average molecular weight is 256 g/mol. The first-order chi connectivity index (χ1) is 8.05. The topological polar surface area (TPSA) is 30.5 Å². The Morgan fingerprint density at radius 3 is 2.65 bits per heavy atom. The molecule has 94 valence electrons. The van der Waals surface area contributed by atoms with Gasteiger partial charge in [-0.05, 0) is 31.5 Å². The summed E-state index contributed by atoms with van der Waals surface area (Å²) in [7, 11) is 0. The molecule has 1 fully saturated rings. The fourth-order valence-corrected chi connectivity index (χ4v) is 1.97. The molecule has 1 N–H and O–H groups in total. The van der Waals surface area contributed by atoms with Crippen molar-refractivity contribution in [3.05, 3.63) is 34.9 Å². The maximum Gasteiger partial charge on any atom is 0.163 e. The number of hydrogen-bond acceptors (Lipinski definition) is 3. The molecule has 17 heavy (non-hydrogen) atoms. The van der Waals surface area contributed by atoms with Crippen molar-refractivity contribution in [2.75, 3.05) is 13.2 Å². The van der Waals surface area contributed by atoms with E-state index in [1.165, 1.54) is 5.56 Å². The maximum atomic E-state index is 5.82. The van der Waals surface area contributed by atoms with E-state index in [4.69, 9.17) is 21.1 Å². The molecule has 0 radical (unpaired) electrons. The number of benzene rings is 1. The Labute approximate surface area is 107 Å². The van der Waals surface area contributed by atoms with Crippen LogP contribution in [0.2, 0.25) is 5.02 Å². The zero-order valence-electron chi connectivity index (χ0n) is 10.2. The molecule has 1 heterocycles. The first-order valence-corrected chi connectivity index (χ1v) is 6.20. The number of ether oxygens (including phenoxy) is 2. The third kappa shape index (κ3) is 3.96. The van der Waals surface area contributed by atoms with Gasteiger partial charge < -0.3 is 14.8 Å². The third-order valence-corrected chi connectivity index (χ3v) is 2.93. The molecule has 0 saturated carbocycles. The summed E-state index contributed by atoms with van der Waals surface area (Å²) >= 11 is 5.82. The Balaban J connectivity index is 1.71. The predicted octanol–water partition coefficient (Wildman–Crippen LogP) is 2.58. The fourth-order valence-electron chi connectivity index (χ4n) is 1.84. The standard InChI is InChI=1S/C13H18ClNO2/c1-13(2)16-9-12(17-13)8-15-7-10-3-5-11(14)6-4-10/h3-6,12,15H,7-9H2,1-2H3. The SMILES string of the molecule is CC1(C)OCC(CNCc2ccc(Cl)cc2)O1. The molecule has 0 amide bonds. The smallest absolute Gasteiger partial charge is 0.163 e. The number of nitrogens with one attached hydrogen (secondary N) is 1. The predicted molar refractivity (Wildman–Crippen MR) is 68.1 cm³/mol. The van der Waals surface area contributed by atoms with Crippen molar-refractivity contribution in [3.63, 3.8) is 0 Å². The molecule has 1 saturated heterocycles. The summed E-state index contributed by atoms with van der Waals surface area (Å²) in [5, 5.41) is 4.12. The molecule has 2 rings (SSSR count). The lowest BCUT2D eigenvalue weighted by molar-refractivity contribution is -0.137. The van der Waals surface area contributed by atoms with Crippen molar-refractivity contribution < 1.29 is 9.47 Å². The van der Waals surface area contributed by atoms with Crippen LogP contribution in [0.5, 0.6) is 0 Å². The lowest BCUT2D eigenvalue weighted by Crippen LogP contribution is -2.30. The van der Waals surface area contributed by atoms with Crippen LogP contribution in [0, 0.1) is 0 Å². The van der Waals surface area contributed by atoms with Gasteiger partial charge in [-0.15, -0.1) is 0 Å². The molecule has 0 aromatic heterocycles. The van der Waals surface area contributed by atoms with Crippen LogP contribution in [0.15, 0.2) is 24.3 Å². The van der Waals surface area contributed by atoms with Gasteiger partial charge >= 0.3 is 0 Å². The van der Waals surface area contributed by atoms with Gasteiger partial charge in [0.1, 0.15) is 0 Å². The van der Waals surface area contributed by atoms with Crippen molar-refractivity contribution in [2.24, 2.45) is 0 Å². The van der Waals surface area contributed by atoms with Crippen LogP contribution in [-0.4, -0.2) is 25.0 Å². The van der Waals surface area contributed by atoms with Crippen LogP contribution in [-0.2, 0) is 16.0 Å². The van der Waals surface area contributed by atoms with Crippen molar-refractivity contribution in [2.45, 2.75) is 32.3 Å². The number of hydrogen-bond donors (Lipinski definition) is 1. The summed E-state index contributed by atoms with van der Waals surface area (Å²) in [6, 6.07) is 7.84. The molecular formula is C13H18ClNO2. The van der Waals surface area contributed by atoms with Gasteiger partial charge in [-0.3, -0.25) is 0 Å². The summed E-state index contributed by atoms with van der Waals surface area (Å²) in [5.74, 6) is -0.438. The Hall–Kier alpha value is -0.610. The van der Waals surface area contributed by atoms with Gasteiger partial charge in [0.05, 0.1) is 12.7 Å². The van der Waals surface area contributed by atoms with E-state index in [1.807, 2.05) is 38.1 Å². The van der Waals surface area contributed by atoms with Crippen molar-refractivity contribution >= 4 is 11.6 Å². The van der Waals surface area contributed by atoms with E-state index in [0.29, 0.717) is 6.61 Å². The van der Waals surface area contributed by atoms with Crippen LogP contribution in [0.25, 0.3) is 0 Å². The molecule has 1 aliphatic rings. The van der Waals surface area contributed by atoms with Crippen LogP contribution >= 0.6 is 11.6 Å². The lowest BCUT2D eigenvalue weighted by atomic mass is 10.2. The van der Waals surface area contributed by atoms with Gasteiger partial charge in [-0.2, -0.15) is 0 Å². The maximum absolute atomic E-state index is 5.82. The molecule has 0 aliphatic carbocycles. The van der Waals surface area contributed by atoms with Crippen molar-refractivity contribution in [1.82, 2.24) is 5.32 Å². The van der Waals surface area contributed by atoms with E-state index >= 15 is 0 Å². The Kier molecular flexibility index (Phi) is 4.05. The summed E-state index contributed by atoms with van der Waals surface area (Å²) in [6.07, 6.45) is 0.136. The highest BCUT2D eigenvalue weighted by molar-refractivity contribution is 6.30. The molecule has 4 heteroatoms. The van der Waals surface area contributed by atoms with E-state index < -0.39 is 5.79 Å². The Morgan fingerprint density at radius 1 is 1.35 bits per heavy atom. The number of rotatable bonds is 4. The van der Waals surface area contributed by atoms with Gasteiger partial charge in [0.15, 0.2) is 5.79 Å². The molecule has 0 spiro atoms. The van der Waals surface area contributed by atoms with Gasteiger partial charge in [-0.25, -0.2) is 0 Å². The summed E-state index contributed by atoms with van der Waals surface area (Å²) in [5.41, 5.74) is 1.22. The number of halogens is 1. The summed E-state index contributed by atoms with van der Waals surface area (Å²) in [4.78, 5) is 0. The molecule has 1 atom stereocenters. The highest BCUT2D eigenvalue weighted by Crippen LogP contribution is 2.21. The normalized spacial score (nSPS) is 22.9. The molecule has 1 aromatic rings. The van der Waals surface area contributed by atoms with E-state index in [9.17, 15) is 0 Å². The van der Waals surface area contributed by atoms with Crippen LogP contribution < -0.4 is 5.32 Å². The minimum atomic E-state index is -0.438. The zero-order chi connectivity index (χ0) is 12.3. The quantitative estimate of drug-likeness (QED) is 0.897. The Morgan fingerprint density at radius 2 is 2.06 bits per heavy atom. The van der Waals surface area contributed by atoms with Gasteiger partial charge in [0.25, 0.3) is 0 Å². The van der Waals surface area contributed by atoms with Crippen LogP contribution in [0.4, 0.5) is 0 Å². The van der Waals surface area contributed by atoms with E-state index in [2.05, 4.69) is 5.32 Å². The molecule has 1 aliphatic heterocycles. The second-order valence-electron chi connectivity index (χ2n) is 4.71. The molecule has 1 unspecified atom stereocenters. The average Bonchev–Trinajstić information content (AvgIpc) is 2.61. The van der Waals surface area contributed by atoms with Gasteiger partial charge in [0.2, 0.25) is 0 Å². The second-order valence-corrected chi connectivity index (χ2v) is 5.14. The minimum Gasteiger partial charge on any atom is -0.348 e. The highest BCUT2D eigenvalue weighted by Gasteiger charge is 2.32. The molecule has 0 bridgehead atoms. The first-order valence-electron chi connectivity index (χ1n) is 5.82. The fraction of sp³-hybridized carbons (Fsp3) is 0.538. The highest BCUT2D eigenvalue weighted by atomic mass is 35.5. The zero-order valence-corrected chi connectivity index (χ0v) is 11.0. The lowest BCUT2D eigenvalue weighted by Gasteiger charge is -2.17. The summed E-state index contributed by atoms with van der Waals surface area (Å²) < 4.78 is 11.2. The Bertz CT molecular complexity index is 364. The second kappa shape index (κ2) is 5.36. The minimum absolute atomic E-state index is 0.136. The molecular weight excluding hydrogens is 238 g/mol. The largest absolute Gasteiger partial charge is 0.348 e. The van der Waals surface area contributed by atoms with E-state index in [1.54, 1.807) is 0 Å². The summed E-state index contributed by atoms with van der Waals surface area (Å²) in [6.45, 7) is 6.14. The van der Waals surface area contributed by atoms with E-state index in [0.717, 1.165) is 18.1 Å². The van der Waals surface area contributed by atoms with Crippen LogP contribution in [0.1, 0.15) is 19.4 Å². The molecule has 1 aromatic carbocycles. The van der Waals surface area contributed by atoms with Gasteiger partial charge in [-0.1, -0.05) is 23.7 Å². The van der Waals surface area contributed by atoms with Crippen molar-refractivity contribution in [3.8, 4) is 0 Å². The van der Waals surface area contributed by atoms with Crippen molar-refractivity contribution in [1.29, 1.82) is 0 Å². The first kappa shape index (κ1) is 12.8. The van der Waals surface area contributed by atoms with Crippen LogP contribution in [0.3, 0.4) is 0 Å². The third-order valence-electron chi connectivity index (χ3n) is 2.68.